The summed E-state index contributed by atoms with van der Waals surface area (Å²) in [5.41, 5.74) is 5.22. The Bertz CT molecular complexity index is 318. The Morgan fingerprint density at radius 2 is 1.82 bits per heavy atom. The van der Waals surface area contributed by atoms with Gasteiger partial charge in [0.2, 0.25) is 0 Å². The first-order valence-electron chi connectivity index (χ1n) is 5.13. The van der Waals surface area contributed by atoms with Gasteiger partial charge < -0.3 is 5.73 Å². The summed E-state index contributed by atoms with van der Waals surface area (Å²) in [5.74, 6) is 0. The molecule has 0 aliphatic heterocycles. The summed E-state index contributed by atoms with van der Waals surface area (Å²) in [5, 5.41) is 0. The molecule has 0 rings (SSSR count). The van der Waals surface area contributed by atoms with Crippen LogP contribution in [-0.4, -0.2) is 56.4 Å². The van der Waals surface area contributed by atoms with Crippen molar-refractivity contribution in [1.82, 2.24) is 8.61 Å². The molecule has 17 heavy (non-hydrogen) atoms. The second-order valence-corrected chi connectivity index (χ2v) is 5.55. The van der Waals surface area contributed by atoms with Crippen LogP contribution in [0.15, 0.2) is 0 Å². The summed E-state index contributed by atoms with van der Waals surface area (Å²) in [6.45, 7) is 0.0477. The molecule has 2 N–H and O–H groups in total. The standard InChI is InChI=1S/C8H18F3N3O2S/c1-3-14(7-8(9,10)11)17(15,16)13(2)6-4-5-12/h3-7,12H2,1-2H3. The molecule has 0 saturated heterocycles. The second kappa shape index (κ2) is 6.53. The fraction of sp³-hybridized carbons (Fsp3) is 1.00. The van der Waals surface area contributed by atoms with E-state index in [9.17, 15) is 21.6 Å². The minimum Gasteiger partial charge on any atom is -0.330 e. The van der Waals surface area contributed by atoms with Crippen molar-refractivity contribution in [3.05, 3.63) is 0 Å². The minimum atomic E-state index is -4.54. The van der Waals surface area contributed by atoms with Crippen LogP contribution in [-0.2, 0) is 10.2 Å². The molecule has 5 nitrogen and oxygen atoms in total. The van der Waals surface area contributed by atoms with E-state index < -0.39 is 22.9 Å². The van der Waals surface area contributed by atoms with Crippen LogP contribution in [0, 0.1) is 0 Å². The second-order valence-electron chi connectivity index (χ2n) is 3.51. The predicted octanol–water partition coefficient (Wildman–Crippen LogP) is 0.396. The Morgan fingerprint density at radius 3 is 2.18 bits per heavy atom. The van der Waals surface area contributed by atoms with E-state index in [1.807, 2.05) is 0 Å². The smallest absolute Gasteiger partial charge is 0.330 e. The van der Waals surface area contributed by atoms with Crippen LogP contribution in [0.4, 0.5) is 13.2 Å². The van der Waals surface area contributed by atoms with E-state index in [1.54, 1.807) is 0 Å². The Labute approximate surface area is 99.5 Å². The van der Waals surface area contributed by atoms with Gasteiger partial charge in [-0.25, -0.2) is 0 Å². The fourth-order valence-corrected chi connectivity index (χ4v) is 2.57. The quantitative estimate of drug-likeness (QED) is 0.732. The van der Waals surface area contributed by atoms with E-state index in [1.165, 1.54) is 14.0 Å². The molecule has 9 heteroatoms. The number of nitrogens with two attached hydrogens (primary N) is 1. The maximum Gasteiger partial charge on any atom is 0.402 e. The summed E-state index contributed by atoms with van der Waals surface area (Å²) in [4.78, 5) is 0. The molecule has 0 atom stereocenters. The highest BCUT2D eigenvalue weighted by Crippen LogP contribution is 2.19. The van der Waals surface area contributed by atoms with Crippen molar-refractivity contribution in [2.45, 2.75) is 19.5 Å². The highest BCUT2D eigenvalue weighted by atomic mass is 32.2. The maximum atomic E-state index is 12.2. The van der Waals surface area contributed by atoms with Gasteiger partial charge in [0.1, 0.15) is 6.54 Å². The molecule has 0 aromatic rings. The number of hydrogen-bond donors (Lipinski definition) is 1. The summed E-state index contributed by atoms with van der Waals surface area (Å²) >= 11 is 0. The summed E-state index contributed by atoms with van der Waals surface area (Å²) in [7, 11) is -2.83. The third-order valence-electron chi connectivity index (χ3n) is 2.11. The average Bonchev–Trinajstić information content (AvgIpc) is 2.20. The first-order valence-corrected chi connectivity index (χ1v) is 6.53. The molecule has 0 saturated carbocycles. The van der Waals surface area contributed by atoms with Crippen molar-refractivity contribution in [1.29, 1.82) is 0 Å². The van der Waals surface area contributed by atoms with E-state index in [0.717, 1.165) is 4.31 Å². The van der Waals surface area contributed by atoms with Gasteiger partial charge in [0.15, 0.2) is 0 Å². The largest absolute Gasteiger partial charge is 0.402 e. The highest BCUT2D eigenvalue weighted by molar-refractivity contribution is 7.86. The van der Waals surface area contributed by atoms with Gasteiger partial charge in [-0.1, -0.05) is 6.92 Å². The molecule has 0 unspecified atom stereocenters. The molecule has 0 spiro atoms. The molecule has 0 heterocycles. The van der Waals surface area contributed by atoms with Crippen molar-refractivity contribution in [3.63, 3.8) is 0 Å². The van der Waals surface area contributed by atoms with E-state index in [2.05, 4.69) is 0 Å². The Morgan fingerprint density at radius 1 is 1.29 bits per heavy atom. The van der Waals surface area contributed by atoms with Crippen LogP contribution in [0.25, 0.3) is 0 Å². The SMILES string of the molecule is CCN(CC(F)(F)F)S(=O)(=O)N(C)CCCN. The van der Waals surface area contributed by atoms with E-state index in [-0.39, 0.29) is 19.6 Å². The lowest BCUT2D eigenvalue weighted by molar-refractivity contribution is -0.136. The van der Waals surface area contributed by atoms with Crippen molar-refractivity contribution >= 4 is 10.2 Å². The van der Waals surface area contributed by atoms with Crippen LogP contribution in [0.1, 0.15) is 13.3 Å². The van der Waals surface area contributed by atoms with Gasteiger partial charge in [0.05, 0.1) is 0 Å². The van der Waals surface area contributed by atoms with Crippen LogP contribution < -0.4 is 5.73 Å². The van der Waals surface area contributed by atoms with Gasteiger partial charge in [-0.3, -0.25) is 0 Å². The molecule has 0 bridgehead atoms. The molecule has 0 aliphatic carbocycles. The van der Waals surface area contributed by atoms with Crippen LogP contribution >= 0.6 is 0 Å². The first-order chi connectivity index (χ1) is 7.65. The zero-order chi connectivity index (χ0) is 13.7. The highest BCUT2D eigenvalue weighted by Gasteiger charge is 2.36. The lowest BCUT2D eigenvalue weighted by atomic mass is 10.4. The molecule has 0 amide bonds. The zero-order valence-electron chi connectivity index (χ0n) is 9.87. The van der Waals surface area contributed by atoms with Gasteiger partial charge in [0.25, 0.3) is 10.2 Å². The number of rotatable bonds is 7. The normalized spacial score (nSPS) is 13.6. The molecular weight excluding hydrogens is 259 g/mol. The van der Waals surface area contributed by atoms with Gasteiger partial charge in [-0.05, 0) is 13.0 Å². The van der Waals surface area contributed by atoms with Gasteiger partial charge in [-0.2, -0.15) is 30.2 Å². The monoisotopic (exact) mass is 277 g/mol. The Hall–Kier alpha value is -0.380. The van der Waals surface area contributed by atoms with Gasteiger partial charge in [0, 0.05) is 20.1 Å². The fourth-order valence-electron chi connectivity index (χ4n) is 1.18. The van der Waals surface area contributed by atoms with Gasteiger partial charge >= 0.3 is 6.18 Å². The van der Waals surface area contributed by atoms with Crippen molar-refractivity contribution in [2.75, 3.05) is 33.2 Å². The van der Waals surface area contributed by atoms with Crippen molar-refractivity contribution in [2.24, 2.45) is 5.73 Å². The van der Waals surface area contributed by atoms with E-state index in [0.29, 0.717) is 10.7 Å². The van der Waals surface area contributed by atoms with E-state index in [4.69, 9.17) is 5.73 Å². The average molecular weight is 277 g/mol. The van der Waals surface area contributed by atoms with Crippen molar-refractivity contribution < 1.29 is 21.6 Å². The van der Waals surface area contributed by atoms with Crippen molar-refractivity contribution in [3.8, 4) is 0 Å². The molecular formula is C8H18F3N3O2S. The minimum absolute atomic E-state index is 0.104. The molecule has 0 aliphatic rings. The zero-order valence-corrected chi connectivity index (χ0v) is 10.7. The number of hydrogen-bond acceptors (Lipinski definition) is 3. The lowest BCUT2D eigenvalue weighted by Crippen LogP contribution is -2.46. The molecule has 0 aromatic heterocycles. The summed E-state index contributed by atoms with van der Waals surface area (Å²) < 4.78 is 61.4. The molecule has 104 valence electrons. The topological polar surface area (TPSA) is 66.6 Å². The predicted molar refractivity (Wildman–Crippen MR) is 58.5 cm³/mol. The summed E-state index contributed by atoms with van der Waals surface area (Å²) in [6.07, 6.45) is -4.14. The summed E-state index contributed by atoms with van der Waals surface area (Å²) in [6, 6.07) is 0. The van der Waals surface area contributed by atoms with Crippen LogP contribution in [0.5, 0.6) is 0 Å². The van der Waals surface area contributed by atoms with E-state index >= 15 is 0 Å². The Balaban J connectivity index is 4.75. The Kier molecular flexibility index (Phi) is 6.38. The number of nitrogens with zero attached hydrogens (tertiary/aromatic N) is 2. The van der Waals surface area contributed by atoms with Gasteiger partial charge in [-0.15, -0.1) is 0 Å². The van der Waals surface area contributed by atoms with Crippen LogP contribution in [0.2, 0.25) is 0 Å². The first kappa shape index (κ1) is 16.6. The third-order valence-corrected chi connectivity index (χ3v) is 4.12. The van der Waals surface area contributed by atoms with Crippen LogP contribution in [0.3, 0.4) is 0 Å². The molecule has 0 radical (unpaired) electrons. The maximum absolute atomic E-state index is 12.2. The number of alkyl halides is 3. The molecule has 0 aromatic carbocycles. The number of halogens is 3. The third kappa shape index (κ3) is 5.66. The lowest BCUT2D eigenvalue weighted by Gasteiger charge is -2.27. The molecule has 0 fully saturated rings.